The summed E-state index contributed by atoms with van der Waals surface area (Å²) in [6.45, 7) is 5.54. The van der Waals surface area contributed by atoms with Crippen molar-refractivity contribution in [1.82, 2.24) is 9.47 Å². The average Bonchev–Trinajstić information content (AvgIpc) is 3.10. The lowest BCUT2D eigenvalue weighted by atomic mass is 10.1. The van der Waals surface area contributed by atoms with E-state index in [9.17, 15) is 4.79 Å². The zero-order valence-corrected chi connectivity index (χ0v) is 14.9. The van der Waals surface area contributed by atoms with E-state index >= 15 is 0 Å². The maximum Gasteiger partial charge on any atom is 0.261 e. The van der Waals surface area contributed by atoms with Crippen LogP contribution in [0.2, 0.25) is 0 Å². The molecule has 5 nitrogen and oxygen atoms in total. The molecule has 25 heavy (non-hydrogen) atoms. The van der Waals surface area contributed by atoms with Gasteiger partial charge in [-0.1, -0.05) is 18.2 Å². The number of amides is 1. The van der Waals surface area contributed by atoms with Gasteiger partial charge in [0.15, 0.2) is 18.1 Å². The van der Waals surface area contributed by atoms with E-state index < -0.39 is 0 Å². The van der Waals surface area contributed by atoms with Gasteiger partial charge in [0, 0.05) is 25.0 Å². The second-order valence-electron chi connectivity index (χ2n) is 6.09. The van der Waals surface area contributed by atoms with E-state index in [1.165, 1.54) is 0 Å². The van der Waals surface area contributed by atoms with Gasteiger partial charge in [-0.2, -0.15) is 0 Å². The van der Waals surface area contributed by atoms with Gasteiger partial charge in [0.05, 0.1) is 13.2 Å². The Morgan fingerprint density at radius 2 is 2.12 bits per heavy atom. The summed E-state index contributed by atoms with van der Waals surface area (Å²) in [6, 6.07) is 9.82. The van der Waals surface area contributed by atoms with Crippen molar-refractivity contribution in [1.29, 1.82) is 0 Å². The highest BCUT2D eigenvalue weighted by atomic mass is 16.5. The number of carbonyl (C=O) groups is 1. The van der Waals surface area contributed by atoms with Crippen LogP contribution in [0, 0.1) is 0 Å². The molecule has 2 heterocycles. The Balaban J connectivity index is 1.67. The van der Waals surface area contributed by atoms with Crippen LogP contribution in [-0.2, 0) is 11.3 Å². The van der Waals surface area contributed by atoms with Crippen molar-refractivity contribution in [3.05, 3.63) is 53.9 Å². The fourth-order valence-corrected chi connectivity index (χ4v) is 3.24. The largest absolute Gasteiger partial charge is 0.493 e. The number of allylic oxidation sites excluding steroid dienone is 1. The molecule has 132 valence electrons. The predicted molar refractivity (Wildman–Crippen MR) is 97.8 cm³/mol. The molecular formula is C20H24N2O3. The zero-order chi connectivity index (χ0) is 17.8. The third-order valence-electron chi connectivity index (χ3n) is 4.56. The number of fused-ring (bicyclic) bond motifs is 1. The van der Waals surface area contributed by atoms with E-state index in [2.05, 4.69) is 23.8 Å². The minimum absolute atomic E-state index is 0.00434. The molecule has 1 amide bonds. The Hall–Kier alpha value is -2.69. The molecule has 3 rings (SSSR count). The monoisotopic (exact) mass is 340 g/mol. The quantitative estimate of drug-likeness (QED) is 0.836. The fraction of sp³-hybridized carbons (Fsp3) is 0.350. The zero-order valence-electron chi connectivity index (χ0n) is 14.9. The molecule has 1 aromatic heterocycles. The lowest BCUT2D eigenvalue weighted by Crippen LogP contribution is -2.42. The summed E-state index contributed by atoms with van der Waals surface area (Å²) < 4.78 is 13.3. The number of hydrogen-bond acceptors (Lipinski definition) is 3. The van der Waals surface area contributed by atoms with Crippen LogP contribution < -0.4 is 9.47 Å². The number of ether oxygens (including phenoxy) is 2. The standard InChI is InChI=1S/C20H24N2O3/c1-4-6-16-8-9-18(19(13-16)24-3)25-14-20(23)22-12-11-21-10-5-7-17(21)15(22)2/h4-10,13,15H,11-12,14H2,1-3H3/b6-4+. The highest BCUT2D eigenvalue weighted by Gasteiger charge is 2.27. The van der Waals surface area contributed by atoms with Crippen molar-refractivity contribution in [2.24, 2.45) is 0 Å². The first kappa shape index (κ1) is 17.1. The summed E-state index contributed by atoms with van der Waals surface area (Å²) in [6.07, 6.45) is 6.01. The van der Waals surface area contributed by atoms with Crippen molar-refractivity contribution in [2.75, 3.05) is 20.3 Å². The molecule has 1 unspecified atom stereocenters. The molecule has 2 aromatic rings. The Morgan fingerprint density at radius 3 is 2.88 bits per heavy atom. The molecule has 0 spiro atoms. The number of carbonyl (C=O) groups excluding carboxylic acids is 1. The number of hydrogen-bond donors (Lipinski definition) is 0. The molecule has 0 saturated heterocycles. The van der Waals surface area contributed by atoms with Crippen molar-refractivity contribution >= 4 is 12.0 Å². The first-order chi connectivity index (χ1) is 12.1. The van der Waals surface area contributed by atoms with Crippen LogP contribution in [0.1, 0.15) is 31.1 Å². The van der Waals surface area contributed by atoms with E-state index in [0.717, 1.165) is 17.8 Å². The molecule has 1 aliphatic rings. The Morgan fingerprint density at radius 1 is 1.28 bits per heavy atom. The van der Waals surface area contributed by atoms with Crippen LogP contribution >= 0.6 is 0 Å². The Kier molecular flexibility index (Phi) is 5.12. The molecule has 1 atom stereocenters. The number of aromatic nitrogens is 1. The van der Waals surface area contributed by atoms with E-state index in [-0.39, 0.29) is 18.6 Å². The summed E-state index contributed by atoms with van der Waals surface area (Å²) in [5, 5.41) is 0. The molecule has 0 N–H and O–H groups in total. The van der Waals surface area contributed by atoms with Crippen LogP contribution in [0.4, 0.5) is 0 Å². The van der Waals surface area contributed by atoms with Crippen LogP contribution in [-0.4, -0.2) is 35.6 Å². The summed E-state index contributed by atoms with van der Waals surface area (Å²) in [7, 11) is 1.60. The van der Waals surface area contributed by atoms with E-state index in [1.54, 1.807) is 7.11 Å². The highest BCUT2D eigenvalue weighted by molar-refractivity contribution is 5.78. The molecule has 0 bridgehead atoms. The maximum absolute atomic E-state index is 12.6. The Bertz CT molecular complexity index is 779. The van der Waals surface area contributed by atoms with Gasteiger partial charge in [0.25, 0.3) is 5.91 Å². The van der Waals surface area contributed by atoms with E-state index in [0.29, 0.717) is 18.0 Å². The number of rotatable bonds is 5. The SMILES string of the molecule is C/C=C/c1ccc(OCC(=O)N2CCn3cccc3C2C)c(OC)c1. The molecule has 1 aromatic carbocycles. The first-order valence-corrected chi connectivity index (χ1v) is 8.52. The minimum Gasteiger partial charge on any atom is -0.493 e. The number of nitrogens with zero attached hydrogens (tertiary/aromatic N) is 2. The van der Waals surface area contributed by atoms with Gasteiger partial charge in [-0.15, -0.1) is 0 Å². The van der Waals surface area contributed by atoms with Crippen LogP contribution in [0.3, 0.4) is 0 Å². The van der Waals surface area contributed by atoms with Crippen molar-refractivity contribution in [2.45, 2.75) is 26.4 Å². The predicted octanol–water partition coefficient (Wildman–Crippen LogP) is 3.51. The van der Waals surface area contributed by atoms with Gasteiger partial charge < -0.3 is 18.9 Å². The van der Waals surface area contributed by atoms with Gasteiger partial charge in [-0.05, 0) is 43.7 Å². The smallest absolute Gasteiger partial charge is 0.261 e. The number of benzene rings is 1. The van der Waals surface area contributed by atoms with Gasteiger partial charge in [-0.3, -0.25) is 4.79 Å². The fourth-order valence-electron chi connectivity index (χ4n) is 3.24. The lowest BCUT2D eigenvalue weighted by Gasteiger charge is -2.34. The summed E-state index contributed by atoms with van der Waals surface area (Å²) in [5.41, 5.74) is 2.19. The van der Waals surface area contributed by atoms with Gasteiger partial charge in [0.2, 0.25) is 0 Å². The second kappa shape index (κ2) is 7.47. The molecule has 0 saturated carbocycles. The average molecular weight is 340 g/mol. The topological polar surface area (TPSA) is 43.7 Å². The van der Waals surface area contributed by atoms with Crippen LogP contribution in [0.5, 0.6) is 11.5 Å². The minimum atomic E-state index is -0.0143. The van der Waals surface area contributed by atoms with Crippen molar-refractivity contribution in [3.63, 3.8) is 0 Å². The van der Waals surface area contributed by atoms with Crippen LogP contribution in [0.25, 0.3) is 6.08 Å². The normalized spacial score (nSPS) is 16.8. The molecule has 0 aliphatic carbocycles. The van der Waals surface area contributed by atoms with Gasteiger partial charge in [-0.25, -0.2) is 0 Å². The second-order valence-corrected chi connectivity index (χ2v) is 6.09. The van der Waals surface area contributed by atoms with E-state index in [1.807, 2.05) is 48.2 Å². The summed E-state index contributed by atoms with van der Waals surface area (Å²) in [4.78, 5) is 14.5. The lowest BCUT2D eigenvalue weighted by molar-refractivity contribution is -0.136. The third kappa shape index (κ3) is 3.55. The summed E-state index contributed by atoms with van der Waals surface area (Å²) in [5.74, 6) is 1.20. The first-order valence-electron chi connectivity index (χ1n) is 8.52. The Labute approximate surface area is 148 Å². The molecular weight excluding hydrogens is 316 g/mol. The third-order valence-corrected chi connectivity index (χ3v) is 4.56. The highest BCUT2D eigenvalue weighted by Crippen LogP contribution is 2.29. The van der Waals surface area contributed by atoms with Gasteiger partial charge >= 0.3 is 0 Å². The van der Waals surface area contributed by atoms with Crippen molar-refractivity contribution < 1.29 is 14.3 Å². The van der Waals surface area contributed by atoms with Crippen LogP contribution in [0.15, 0.2) is 42.6 Å². The van der Waals surface area contributed by atoms with Gasteiger partial charge in [0.1, 0.15) is 0 Å². The molecule has 5 heteroatoms. The number of methoxy groups -OCH3 is 1. The molecule has 1 aliphatic heterocycles. The maximum atomic E-state index is 12.6. The molecule has 0 radical (unpaired) electrons. The summed E-state index contributed by atoms with van der Waals surface area (Å²) >= 11 is 0. The molecule has 0 fully saturated rings. The van der Waals surface area contributed by atoms with E-state index in [4.69, 9.17) is 9.47 Å². The van der Waals surface area contributed by atoms with Crippen molar-refractivity contribution in [3.8, 4) is 11.5 Å².